The van der Waals surface area contributed by atoms with Gasteiger partial charge in [-0.15, -0.1) is 24.0 Å². The molecule has 1 aliphatic rings. The van der Waals surface area contributed by atoms with Crippen LogP contribution in [0.15, 0.2) is 17.3 Å². The maximum atomic E-state index is 12.7. The number of anilines is 1. The molecule has 1 amide bonds. The number of hydrogen-bond donors (Lipinski definition) is 3. The topological polar surface area (TPSA) is 107 Å². The van der Waals surface area contributed by atoms with Crippen LogP contribution in [0, 0.1) is 0 Å². The summed E-state index contributed by atoms with van der Waals surface area (Å²) in [5, 5.41) is 8.74. The number of piperazine rings is 1. The van der Waals surface area contributed by atoms with E-state index in [4.69, 9.17) is 4.74 Å². The lowest BCUT2D eigenvalue weighted by molar-refractivity contribution is -0.141. The van der Waals surface area contributed by atoms with Crippen LogP contribution in [-0.4, -0.2) is 105 Å². The number of amides is 1. The summed E-state index contributed by atoms with van der Waals surface area (Å²) in [5.74, 6) is 0.579. The molecule has 1 saturated heterocycles. The van der Waals surface area contributed by atoms with E-state index in [-0.39, 0.29) is 35.8 Å². The van der Waals surface area contributed by atoms with E-state index < -0.39 is 11.9 Å². The molecule has 1 aromatic rings. The molecule has 32 heavy (non-hydrogen) atoms. The fourth-order valence-corrected chi connectivity index (χ4v) is 2.95. The zero-order chi connectivity index (χ0) is 22.7. The lowest BCUT2D eigenvalue weighted by Gasteiger charge is -2.36. The van der Waals surface area contributed by atoms with Crippen LogP contribution in [0.3, 0.4) is 0 Å². The van der Waals surface area contributed by atoms with Gasteiger partial charge in [-0.1, -0.05) is 0 Å². The number of aromatic nitrogens is 2. The van der Waals surface area contributed by atoms with Gasteiger partial charge in [0.1, 0.15) is 5.69 Å². The first-order chi connectivity index (χ1) is 14.8. The lowest BCUT2D eigenvalue weighted by atomic mass is 10.3. The standard InChI is InChI=1S/C18H29F3N8O2.HI/c1-22-17(26-6-5-25-16-24-4-3-14(27-16)18(19,20)21)29-10-8-28(9-11-29)13-15(30)23-7-12-31-2;/h3-4H,5-13H2,1-2H3,(H,22,26)(H,23,30)(H,24,25,27);1H. The zero-order valence-electron chi connectivity index (χ0n) is 18.1. The van der Waals surface area contributed by atoms with Crippen LogP contribution in [0.4, 0.5) is 19.1 Å². The Morgan fingerprint density at radius 2 is 1.91 bits per heavy atom. The maximum absolute atomic E-state index is 12.7. The third-order valence-electron chi connectivity index (χ3n) is 4.52. The van der Waals surface area contributed by atoms with Crippen molar-refractivity contribution in [1.29, 1.82) is 0 Å². The first kappa shape index (κ1) is 28.1. The number of nitrogens with zero attached hydrogens (tertiary/aromatic N) is 5. The molecule has 2 heterocycles. The molecule has 0 spiro atoms. The fraction of sp³-hybridized carbons (Fsp3) is 0.667. The highest BCUT2D eigenvalue weighted by atomic mass is 127. The van der Waals surface area contributed by atoms with Crippen molar-refractivity contribution in [2.24, 2.45) is 4.99 Å². The second-order valence-electron chi connectivity index (χ2n) is 6.77. The van der Waals surface area contributed by atoms with Gasteiger partial charge in [-0.2, -0.15) is 13.2 Å². The number of guanidine groups is 1. The van der Waals surface area contributed by atoms with E-state index in [0.717, 1.165) is 12.3 Å². The normalized spacial score (nSPS) is 15.2. The van der Waals surface area contributed by atoms with Gasteiger partial charge in [0.2, 0.25) is 11.9 Å². The van der Waals surface area contributed by atoms with Gasteiger partial charge >= 0.3 is 6.18 Å². The molecule has 1 fully saturated rings. The van der Waals surface area contributed by atoms with Gasteiger partial charge < -0.3 is 25.6 Å². The SMILES string of the molecule is CN=C(NCCNc1nccc(C(F)(F)F)n1)N1CCN(CC(=O)NCCOC)CC1.I. The summed E-state index contributed by atoms with van der Waals surface area (Å²) < 4.78 is 43.0. The number of hydrogen-bond acceptors (Lipinski definition) is 7. The zero-order valence-corrected chi connectivity index (χ0v) is 20.4. The van der Waals surface area contributed by atoms with E-state index >= 15 is 0 Å². The van der Waals surface area contributed by atoms with Crippen molar-refractivity contribution < 1.29 is 22.7 Å². The Hall–Kier alpha value is -1.94. The molecule has 14 heteroatoms. The van der Waals surface area contributed by atoms with Crippen LogP contribution in [0.5, 0.6) is 0 Å². The van der Waals surface area contributed by atoms with Crippen molar-refractivity contribution in [3.63, 3.8) is 0 Å². The quantitative estimate of drug-likeness (QED) is 0.169. The van der Waals surface area contributed by atoms with E-state index in [1.54, 1.807) is 14.2 Å². The van der Waals surface area contributed by atoms with E-state index in [1.807, 2.05) is 0 Å². The summed E-state index contributed by atoms with van der Waals surface area (Å²) in [6, 6.07) is 0.828. The highest BCUT2D eigenvalue weighted by Gasteiger charge is 2.32. The molecule has 0 saturated carbocycles. The number of aliphatic imine (C=N–C) groups is 1. The third kappa shape index (κ3) is 9.68. The Morgan fingerprint density at radius 3 is 2.53 bits per heavy atom. The molecule has 182 valence electrons. The van der Waals surface area contributed by atoms with Gasteiger partial charge in [0.25, 0.3) is 0 Å². The highest BCUT2D eigenvalue weighted by Crippen LogP contribution is 2.27. The molecule has 0 bridgehead atoms. The molecule has 0 atom stereocenters. The van der Waals surface area contributed by atoms with E-state index in [0.29, 0.717) is 64.9 Å². The number of nitrogens with one attached hydrogen (secondary N) is 3. The van der Waals surface area contributed by atoms with E-state index in [1.165, 1.54) is 0 Å². The minimum atomic E-state index is -4.51. The lowest BCUT2D eigenvalue weighted by Crippen LogP contribution is -2.54. The first-order valence-corrected chi connectivity index (χ1v) is 9.91. The highest BCUT2D eigenvalue weighted by molar-refractivity contribution is 14.0. The third-order valence-corrected chi connectivity index (χ3v) is 4.52. The van der Waals surface area contributed by atoms with Crippen LogP contribution in [0.25, 0.3) is 0 Å². The summed E-state index contributed by atoms with van der Waals surface area (Å²) in [7, 11) is 3.25. The van der Waals surface area contributed by atoms with Crippen molar-refractivity contribution in [2.75, 3.05) is 78.4 Å². The molecule has 0 aliphatic carbocycles. The summed E-state index contributed by atoms with van der Waals surface area (Å²) in [6.07, 6.45) is -3.44. The number of ether oxygens (including phenoxy) is 1. The van der Waals surface area contributed by atoms with Crippen molar-refractivity contribution in [1.82, 2.24) is 30.4 Å². The van der Waals surface area contributed by atoms with Crippen LogP contribution < -0.4 is 16.0 Å². The van der Waals surface area contributed by atoms with Crippen LogP contribution in [-0.2, 0) is 15.7 Å². The number of carbonyl (C=O) groups is 1. The summed E-state index contributed by atoms with van der Waals surface area (Å²) in [6.45, 7) is 4.90. The van der Waals surface area contributed by atoms with Crippen molar-refractivity contribution in [3.8, 4) is 0 Å². The summed E-state index contributed by atoms with van der Waals surface area (Å²) in [4.78, 5) is 27.5. The monoisotopic (exact) mass is 574 g/mol. The number of carbonyl (C=O) groups excluding carboxylic acids is 1. The summed E-state index contributed by atoms with van der Waals surface area (Å²) in [5.41, 5.74) is -0.987. The van der Waals surface area contributed by atoms with Crippen LogP contribution in [0.1, 0.15) is 5.69 Å². The van der Waals surface area contributed by atoms with Crippen LogP contribution >= 0.6 is 24.0 Å². The number of rotatable bonds is 9. The molecule has 2 rings (SSSR count). The molecular formula is C18H30F3IN8O2. The minimum absolute atomic E-state index is 0. The maximum Gasteiger partial charge on any atom is 0.433 e. The largest absolute Gasteiger partial charge is 0.433 e. The van der Waals surface area contributed by atoms with E-state index in [2.05, 4.69) is 40.7 Å². The van der Waals surface area contributed by atoms with Gasteiger partial charge in [-0.05, 0) is 6.07 Å². The predicted molar refractivity (Wildman–Crippen MR) is 125 cm³/mol. The molecule has 0 aromatic carbocycles. The molecule has 0 unspecified atom stereocenters. The average Bonchev–Trinajstić information content (AvgIpc) is 2.74. The molecule has 3 N–H and O–H groups in total. The van der Waals surface area contributed by atoms with E-state index in [9.17, 15) is 18.0 Å². The van der Waals surface area contributed by atoms with Crippen molar-refractivity contribution in [3.05, 3.63) is 18.0 Å². The Bertz CT molecular complexity index is 730. The smallest absolute Gasteiger partial charge is 0.383 e. The number of alkyl halides is 3. The Kier molecular flexibility index (Phi) is 12.5. The molecule has 1 aromatic heterocycles. The molecule has 10 nitrogen and oxygen atoms in total. The second-order valence-corrected chi connectivity index (χ2v) is 6.77. The Labute approximate surface area is 202 Å². The molecule has 1 aliphatic heterocycles. The fourth-order valence-electron chi connectivity index (χ4n) is 2.95. The molecular weight excluding hydrogens is 544 g/mol. The second kappa shape index (κ2) is 14.3. The van der Waals surface area contributed by atoms with Crippen molar-refractivity contribution >= 4 is 41.8 Å². The van der Waals surface area contributed by atoms with Gasteiger partial charge in [-0.25, -0.2) is 9.97 Å². The number of methoxy groups -OCH3 is 1. The van der Waals surface area contributed by atoms with Gasteiger partial charge in [0.15, 0.2) is 5.96 Å². The van der Waals surface area contributed by atoms with Gasteiger partial charge in [-0.3, -0.25) is 14.7 Å². The minimum Gasteiger partial charge on any atom is -0.383 e. The van der Waals surface area contributed by atoms with Gasteiger partial charge in [0, 0.05) is 66.2 Å². The first-order valence-electron chi connectivity index (χ1n) is 9.91. The van der Waals surface area contributed by atoms with Crippen LogP contribution in [0.2, 0.25) is 0 Å². The Balaban J connectivity index is 0.00000512. The molecule has 0 radical (unpaired) electrons. The average molecular weight is 574 g/mol. The Morgan fingerprint density at radius 1 is 1.19 bits per heavy atom. The predicted octanol–water partition coefficient (Wildman–Crippen LogP) is 0.481. The number of halogens is 4. The summed E-state index contributed by atoms with van der Waals surface area (Å²) >= 11 is 0. The van der Waals surface area contributed by atoms with Crippen molar-refractivity contribution in [2.45, 2.75) is 6.18 Å². The van der Waals surface area contributed by atoms with Gasteiger partial charge in [0.05, 0.1) is 13.2 Å².